The number of amides is 2. The van der Waals surface area contributed by atoms with Gasteiger partial charge in [0.05, 0.1) is 24.8 Å². The number of hydrogen-bond donors (Lipinski definition) is 1. The van der Waals surface area contributed by atoms with Gasteiger partial charge in [-0.15, -0.1) is 0 Å². The predicted molar refractivity (Wildman–Crippen MR) is 184 cm³/mol. The van der Waals surface area contributed by atoms with Crippen molar-refractivity contribution in [2.45, 2.75) is 50.7 Å². The Morgan fingerprint density at radius 3 is 2.11 bits per heavy atom. The van der Waals surface area contributed by atoms with Gasteiger partial charge in [-0.2, -0.15) is 0 Å². The Bertz CT molecular complexity index is 1780. The van der Waals surface area contributed by atoms with Crippen molar-refractivity contribution >= 4 is 39.1 Å². The number of sulfonamides is 1. The molecule has 0 aromatic heterocycles. The van der Waals surface area contributed by atoms with E-state index in [4.69, 9.17) is 21.1 Å². The van der Waals surface area contributed by atoms with Crippen LogP contribution in [0.5, 0.6) is 11.5 Å². The highest BCUT2D eigenvalue weighted by Gasteiger charge is 2.35. The number of ether oxygens (including phenoxy) is 2. The normalized spacial score (nSPS) is 11.9. The molecule has 11 heteroatoms. The molecule has 0 aliphatic carbocycles. The third-order valence-electron chi connectivity index (χ3n) is 7.49. The fraction of sp³-hybridized carbons (Fsp3) is 0.278. The van der Waals surface area contributed by atoms with E-state index in [2.05, 4.69) is 5.32 Å². The first-order chi connectivity index (χ1) is 22.4. The summed E-state index contributed by atoms with van der Waals surface area (Å²) in [5.41, 5.74) is 2.73. The first-order valence-electron chi connectivity index (χ1n) is 15.1. The molecule has 0 saturated carbocycles. The molecule has 0 unspecified atom stereocenters. The molecule has 0 aliphatic rings. The van der Waals surface area contributed by atoms with Gasteiger partial charge in [-0.1, -0.05) is 71.8 Å². The molecule has 4 rings (SSSR count). The molecule has 248 valence electrons. The molecule has 9 nitrogen and oxygen atoms in total. The van der Waals surface area contributed by atoms with Gasteiger partial charge in [-0.05, 0) is 68.3 Å². The summed E-state index contributed by atoms with van der Waals surface area (Å²) in [4.78, 5) is 29.7. The van der Waals surface area contributed by atoms with Crippen LogP contribution in [0.2, 0.25) is 5.02 Å². The SMILES string of the molecule is COc1ccc(S(=O)(=O)N(CC(=O)N(Cc2cccc(Cl)c2)[C@H](Cc2ccccc2)C(=O)NC(C)C)c2ccc(C)cc2)cc1OC. The molecule has 1 N–H and O–H groups in total. The van der Waals surface area contributed by atoms with Gasteiger partial charge in [0, 0.05) is 30.1 Å². The monoisotopic (exact) mass is 677 g/mol. The number of methoxy groups -OCH3 is 2. The maximum atomic E-state index is 14.6. The van der Waals surface area contributed by atoms with Crippen LogP contribution in [0.25, 0.3) is 0 Å². The quantitative estimate of drug-likeness (QED) is 0.175. The van der Waals surface area contributed by atoms with Crippen LogP contribution >= 0.6 is 11.6 Å². The van der Waals surface area contributed by atoms with E-state index in [9.17, 15) is 18.0 Å². The zero-order valence-electron chi connectivity index (χ0n) is 27.1. The highest BCUT2D eigenvalue weighted by Crippen LogP contribution is 2.32. The second-order valence-corrected chi connectivity index (χ2v) is 13.7. The van der Waals surface area contributed by atoms with Crippen molar-refractivity contribution < 1.29 is 27.5 Å². The largest absolute Gasteiger partial charge is 0.493 e. The Labute approximate surface area is 282 Å². The fourth-order valence-corrected chi connectivity index (χ4v) is 6.75. The molecule has 0 radical (unpaired) electrons. The van der Waals surface area contributed by atoms with Gasteiger partial charge in [-0.25, -0.2) is 8.42 Å². The second-order valence-electron chi connectivity index (χ2n) is 11.4. The number of rotatable bonds is 14. The number of carbonyl (C=O) groups excluding carboxylic acids is 2. The van der Waals surface area contributed by atoms with Crippen LogP contribution in [0.4, 0.5) is 5.69 Å². The first-order valence-corrected chi connectivity index (χ1v) is 16.9. The zero-order chi connectivity index (χ0) is 34.1. The predicted octanol–water partition coefficient (Wildman–Crippen LogP) is 6.03. The smallest absolute Gasteiger partial charge is 0.264 e. The molecule has 4 aromatic carbocycles. The second kappa shape index (κ2) is 15.8. The van der Waals surface area contributed by atoms with E-state index in [0.29, 0.717) is 16.3 Å². The van der Waals surface area contributed by atoms with Gasteiger partial charge >= 0.3 is 0 Å². The molecule has 0 aliphatic heterocycles. The lowest BCUT2D eigenvalue weighted by atomic mass is 10.0. The van der Waals surface area contributed by atoms with Crippen molar-refractivity contribution in [3.05, 3.63) is 119 Å². The third-order valence-corrected chi connectivity index (χ3v) is 9.49. The van der Waals surface area contributed by atoms with Gasteiger partial charge in [0.2, 0.25) is 11.8 Å². The lowest BCUT2D eigenvalue weighted by Gasteiger charge is -2.34. The van der Waals surface area contributed by atoms with Gasteiger partial charge in [-0.3, -0.25) is 13.9 Å². The van der Waals surface area contributed by atoms with Crippen molar-refractivity contribution in [2.24, 2.45) is 0 Å². The molecule has 0 fully saturated rings. The Balaban J connectivity index is 1.83. The molecule has 1 atom stereocenters. The topological polar surface area (TPSA) is 105 Å². The standard InChI is InChI=1S/C36H40ClN3O6S/c1-25(2)38-36(42)32(21-27-10-7-6-8-11-27)39(23-28-12-9-13-29(37)20-28)35(41)24-40(30-16-14-26(3)15-17-30)47(43,44)31-18-19-33(45-4)34(22-31)46-5/h6-20,22,25,32H,21,23-24H2,1-5H3,(H,38,42)/t32-/m1/s1. The molecule has 0 heterocycles. The number of benzene rings is 4. The number of halogens is 1. The molecule has 0 bridgehead atoms. The van der Waals surface area contributed by atoms with Crippen LogP contribution < -0.4 is 19.1 Å². The summed E-state index contributed by atoms with van der Waals surface area (Å²) in [7, 11) is -1.46. The average molecular weight is 678 g/mol. The fourth-order valence-electron chi connectivity index (χ4n) is 5.11. The summed E-state index contributed by atoms with van der Waals surface area (Å²) < 4.78 is 40.4. The van der Waals surface area contributed by atoms with Crippen LogP contribution in [0.15, 0.2) is 102 Å². The van der Waals surface area contributed by atoms with Gasteiger partial charge in [0.15, 0.2) is 11.5 Å². The molecule has 0 saturated heterocycles. The molecule has 2 amide bonds. The van der Waals surface area contributed by atoms with Crippen molar-refractivity contribution in [3.8, 4) is 11.5 Å². The summed E-state index contributed by atoms with van der Waals surface area (Å²) in [6, 6.07) is 26.3. The Hall–Kier alpha value is -4.54. The average Bonchev–Trinajstić information content (AvgIpc) is 3.05. The lowest BCUT2D eigenvalue weighted by Crippen LogP contribution is -2.54. The number of aryl methyl sites for hydroxylation is 1. The molecular weight excluding hydrogens is 638 g/mol. The number of nitrogens with zero attached hydrogens (tertiary/aromatic N) is 2. The Morgan fingerprint density at radius 2 is 1.49 bits per heavy atom. The van der Waals surface area contributed by atoms with Crippen LogP contribution in [0.1, 0.15) is 30.5 Å². The van der Waals surface area contributed by atoms with E-state index in [-0.39, 0.29) is 41.2 Å². The Kier molecular flexibility index (Phi) is 11.9. The van der Waals surface area contributed by atoms with Crippen molar-refractivity contribution in [1.29, 1.82) is 0 Å². The number of nitrogens with one attached hydrogen (secondary N) is 1. The summed E-state index contributed by atoms with van der Waals surface area (Å²) in [5, 5.41) is 3.42. The Morgan fingerprint density at radius 1 is 0.830 bits per heavy atom. The van der Waals surface area contributed by atoms with E-state index >= 15 is 0 Å². The summed E-state index contributed by atoms with van der Waals surface area (Å²) in [6.45, 7) is 5.00. The van der Waals surface area contributed by atoms with Gasteiger partial charge in [0.25, 0.3) is 10.0 Å². The zero-order valence-corrected chi connectivity index (χ0v) is 28.7. The van der Waals surface area contributed by atoms with Crippen LogP contribution in [0, 0.1) is 6.92 Å². The molecule has 4 aromatic rings. The first kappa shape index (κ1) is 35.3. The minimum absolute atomic E-state index is 0.0144. The van der Waals surface area contributed by atoms with Gasteiger partial charge < -0.3 is 19.7 Å². The molecule has 47 heavy (non-hydrogen) atoms. The minimum Gasteiger partial charge on any atom is -0.493 e. The van der Waals surface area contributed by atoms with Crippen LogP contribution in [0.3, 0.4) is 0 Å². The van der Waals surface area contributed by atoms with E-state index in [1.165, 1.54) is 37.3 Å². The minimum atomic E-state index is -4.33. The highest BCUT2D eigenvalue weighted by atomic mass is 35.5. The molecule has 0 spiro atoms. The summed E-state index contributed by atoms with van der Waals surface area (Å²) in [6.07, 6.45) is 0.207. The van der Waals surface area contributed by atoms with Crippen molar-refractivity contribution in [1.82, 2.24) is 10.2 Å². The maximum absolute atomic E-state index is 14.6. The van der Waals surface area contributed by atoms with Crippen LogP contribution in [-0.2, 0) is 32.6 Å². The maximum Gasteiger partial charge on any atom is 0.264 e. The number of anilines is 1. The number of carbonyl (C=O) groups is 2. The number of hydrogen-bond acceptors (Lipinski definition) is 6. The van der Waals surface area contributed by atoms with Gasteiger partial charge in [0.1, 0.15) is 12.6 Å². The van der Waals surface area contributed by atoms with Crippen molar-refractivity contribution in [3.63, 3.8) is 0 Å². The van der Waals surface area contributed by atoms with E-state index in [1.54, 1.807) is 42.5 Å². The molecular formula is C36H40ClN3O6S. The summed E-state index contributed by atoms with van der Waals surface area (Å²) in [5.74, 6) is -0.352. The third kappa shape index (κ3) is 9.05. The van der Waals surface area contributed by atoms with Crippen LogP contribution in [-0.4, -0.2) is 58.0 Å². The van der Waals surface area contributed by atoms with Crippen molar-refractivity contribution in [2.75, 3.05) is 25.1 Å². The van der Waals surface area contributed by atoms with E-state index < -0.39 is 28.5 Å². The van der Waals surface area contributed by atoms with E-state index in [0.717, 1.165) is 15.4 Å². The lowest BCUT2D eigenvalue weighted by molar-refractivity contribution is -0.140. The summed E-state index contributed by atoms with van der Waals surface area (Å²) >= 11 is 6.31. The van der Waals surface area contributed by atoms with E-state index in [1.807, 2.05) is 57.2 Å². The highest BCUT2D eigenvalue weighted by molar-refractivity contribution is 7.92.